The molecule has 1 rings (SSSR count). The molecule has 0 bridgehead atoms. The summed E-state index contributed by atoms with van der Waals surface area (Å²) in [5.41, 5.74) is 0. The lowest BCUT2D eigenvalue weighted by Gasteiger charge is -2.00. The smallest absolute Gasteiger partial charge is 0.234 e. The van der Waals surface area contributed by atoms with Gasteiger partial charge in [0.15, 0.2) is 0 Å². The molecule has 0 radical (unpaired) electrons. The second-order valence-electron chi connectivity index (χ2n) is 3.50. The average Bonchev–Trinajstić information content (AvgIpc) is 2.63. The van der Waals surface area contributed by atoms with E-state index in [0.29, 0.717) is 19.0 Å². The van der Waals surface area contributed by atoms with Crippen molar-refractivity contribution in [3.8, 4) is 0 Å². The third-order valence-electron chi connectivity index (χ3n) is 1.75. The summed E-state index contributed by atoms with van der Waals surface area (Å²) in [5.74, 6) is 0.364. The van der Waals surface area contributed by atoms with E-state index in [4.69, 9.17) is 0 Å². The lowest BCUT2D eigenvalue weighted by molar-refractivity contribution is -0.120. The number of nitrogens with one attached hydrogen (secondary N) is 2. The van der Waals surface area contributed by atoms with Gasteiger partial charge >= 0.3 is 0 Å². The molecule has 0 saturated heterocycles. The standard InChI is InChI=1S/C9H16N4OS/c1-6(2)9-13-12-8(15-9)5-11-7(14)4-10-3/h6,10H,4-5H2,1-3H3,(H,11,14). The van der Waals surface area contributed by atoms with E-state index < -0.39 is 0 Å². The molecule has 1 aromatic rings. The summed E-state index contributed by atoms with van der Waals surface area (Å²) < 4.78 is 0. The zero-order valence-electron chi connectivity index (χ0n) is 9.20. The van der Waals surface area contributed by atoms with Crippen molar-refractivity contribution in [2.45, 2.75) is 26.3 Å². The average molecular weight is 228 g/mol. The Hall–Kier alpha value is -1.01. The van der Waals surface area contributed by atoms with Crippen LogP contribution in [-0.4, -0.2) is 29.7 Å². The maximum absolute atomic E-state index is 11.1. The Balaban J connectivity index is 2.41. The molecule has 1 heterocycles. The van der Waals surface area contributed by atoms with Gasteiger partial charge in [0, 0.05) is 5.92 Å². The van der Waals surface area contributed by atoms with Crippen LogP contribution in [0.3, 0.4) is 0 Å². The highest BCUT2D eigenvalue weighted by molar-refractivity contribution is 7.11. The third kappa shape index (κ3) is 3.93. The van der Waals surface area contributed by atoms with Crippen LogP contribution in [-0.2, 0) is 11.3 Å². The SMILES string of the molecule is CNCC(=O)NCc1nnc(C(C)C)s1. The Labute approximate surface area is 93.3 Å². The van der Waals surface area contributed by atoms with E-state index >= 15 is 0 Å². The second kappa shape index (κ2) is 5.77. The summed E-state index contributed by atoms with van der Waals surface area (Å²) in [6.07, 6.45) is 0. The number of rotatable bonds is 5. The highest BCUT2D eigenvalue weighted by atomic mass is 32.1. The van der Waals surface area contributed by atoms with Crippen LogP contribution in [0.2, 0.25) is 0 Å². The predicted octanol–water partition coefficient (Wildman–Crippen LogP) is 0.497. The summed E-state index contributed by atoms with van der Waals surface area (Å²) in [7, 11) is 1.74. The van der Waals surface area contributed by atoms with E-state index in [1.165, 1.54) is 0 Å². The maximum atomic E-state index is 11.1. The van der Waals surface area contributed by atoms with Gasteiger partial charge in [0.1, 0.15) is 10.0 Å². The molecule has 1 amide bonds. The number of hydrogen-bond donors (Lipinski definition) is 2. The van der Waals surface area contributed by atoms with E-state index in [2.05, 4.69) is 34.7 Å². The van der Waals surface area contributed by atoms with Gasteiger partial charge in [-0.15, -0.1) is 10.2 Å². The van der Waals surface area contributed by atoms with Crippen molar-refractivity contribution in [1.82, 2.24) is 20.8 Å². The van der Waals surface area contributed by atoms with Gasteiger partial charge in [-0.2, -0.15) is 0 Å². The molecule has 5 nitrogen and oxygen atoms in total. The molecule has 6 heteroatoms. The van der Waals surface area contributed by atoms with Crippen molar-refractivity contribution in [2.75, 3.05) is 13.6 Å². The molecule has 0 atom stereocenters. The minimum absolute atomic E-state index is 0.0289. The molecule has 84 valence electrons. The van der Waals surface area contributed by atoms with Crippen LogP contribution in [0, 0.1) is 0 Å². The first kappa shape index (κ1) is 12.1. The fourth-order valence-electron chi connectivity index (χ4n) is 0.969. The molecule has 0 aromatic carbocycles. The Kier molecular flexibility index (Phi) is 4.64. The van der Waals surface area contributed by atoms with Crippen LogP contribution in [0.5, 0.6) is 0 Å². The van der Waals surface area contributed by atoms with Gasteiger partial charge in [-0.05, 0) is 7.05 Å². The molecule has 0 aliphatic carbocycles. The molecule has 0 unspecified atom stereocenters. The predicted molar refractivity (Wildman–Crippen MR) is 59.8 cm³/mol. The molecule has 0 fully saturated rings. The molecule has 0 aliphatic rings. The first-order valence-electron chi connectivity index (χ1n) is 4.87. The monoisotopic (exact) mass is 228 g/mol. The third-order valence-corrected chi connectivity index (χ3v) is 2.97. The van der Waals surface area contributed by atoms with E-state index in [1.54, 1.807) is 18.4 Å². The van der Waals surface area contributed by atoms with E-state index in [1.807, 2.05) is 0 Å². The van der Waals surface area contributed by atoms with Gasteiger partial charge in [-0.3, -0.25) is 4.79 Å². The topological polar surface area (TPSA) is 66.9 Å². The van der Waals surface area contributed by atoms with Crippen LogP contribution in [0.25, 0.3) is 0 Å². The number of nitrogens with zero attached hydrogens (tertiary/aromatic N) is 2. The first-order valence-corrected chi connectivity index (χ1v) is 5.68. The maximum Gasteiger partial charge on any atom is 0.234 e. The van der Waals surface area contributed by atoms with Crippen molar-refractivity contribution >= 4 is 17.2 Å². The van der Waals surface area contributed by atoms with E-state index in [0.717, 1.165) is 10.0 Å². The highest BCUT2D eigenvalue weighted by Crippen LogP contribution is 2.18. The summed E-state index contributed by atoms with van der Waals surface area (Å²) in [4.78, 5) is 11.1. The molecule has 0 saturated carbocycles. The fourth-order valence-corrected chi connectivity index (χ4v) is 1.75. The quantitative estimate of drug-likeness (QED) is 0.770. The van der Waals surface area contributed by atoms with Gasteiger partial charge < -0.3 is 10.6 Å². The van der Waals surface area contributed by atoms with E-state index in [9.17, 15) is 4.79 Å². The summed E-state index contributed by atoms with van der Waals surface area (Å²) >= 11 is 1.54. The Morgan fingerprint density at radius 3 is 2.73 bits per heavy atom. The second-order valence-corrected chi connectivity index (χ2v) is 4.59. The zero-order chi connectivity index (χ0) is 11.3. The van der Waals surface area contributed by atoms with Gasteiger partial charge in [0.2, 0.25) is 5.91 Å². The number of likely N-dealkylation sites (N-methyl/N-ethyl adjacent to an activating group) is 1. The van der Waals surface area contributed by atoms with Gasteiger partial charge in [0.25, 0.3) is 0 Å². The lowest BCUT2D eigenvalue weighted by Crippen LogP contribution is -2.31. The molecular weight excluding hydrogens is 212 g/mol. The van der Waals surface area contributed by atoms with E-state index in [-0.39, 0.29) is 5.91 Å². The molecule has 0 spiro atoms. The summed E-state index contributed by atoms with van der Waals surface area (Å²) in [6.45, 7) is 4.94. The van der Waals surface area contributed by atoms with Crippen LogP contribution in [0.1, 0.15) is 29.8 Å². The first-order chi connectivity index (χ1) is 7.13. The fraction of sp³-hybridized carbons (Fsp3) is 0.667. The molecule has 15 heavy (non-hydrogen) atoms. The highest BCUT2D eigenvalue weighted by Gasteiger charge is 2.08. The zero-order valence-corrected chi connectivity index (χ0v) is 10.0. The minimum Gasteiger partial charge on any atom is -0.348 e. The number of hydrogen-bond acceptors (Lipinski definition) is 5. The van der Waals surface area contributed by atoms with Crippen LogP contribution >= 0.6 is 11.3 Å². The molecule has 0 aliphatic heterocycles. The van der Waals surface area contributed by atoms with Gasteiger partial charge in [-0.25, -0.2) is 0 Å². The number of amides is 1. The lowest BCUT2D eigenvalue weighted by atomic mass is 10.2. The van der Waals surface area contributed by atoms with Gasteiger partial charge in [0.05, 0.1) is 13.1 Å². The van der Waals surface area contributed by atoms with Crippen molar-refractivity contribution in [1.29, 1.82) is 0 Å². The molecular formula is C9H16N4OS. The molecule has 2 N–H and O–H groups in total. The Bertz CT molecular complexity index is 324. The Morgan fingerprint density at radius 2 is 2.20 bits per heavy atom. The molecule has 1 aromatic heterocycles. The normalized spacial score (nSPS) is 10.7. The summed E-state index contributed by atoms with van der Waals surface area (Å²) in [5, 5.41) is 15.4. The van der Waals surface area contributed by atoms with Crippen molar-refractivity contribution < 1.29 is 4.79 Å². The van der Waals surface area contributed by atoms with Crippen LogP contribution in [0.15, 0.2) is 0 Å². The summed E-state index contributed by atoms with van der Waals surface area (Å²) in [6, 6.07) is 0. The van der Waals surface area contributed by atoms with Crippen LogP contribution < -0.4 is 10.6 Å². The Morgan fingerprint density at radius 1 is 1.47 bits per heavy atom. The number of carbonyl (C=O) groups is 1. The van der Waals surface area contributed by atoms with Crippen molar-refractivity contribution in [3.05, 3.63) is 10.0 Å². The van der Waals surface area contributed by atoms with Crippen molar-refractivity contribution in [3.63, 3.8) is 0 Å². The van der Waals surface area contributed by atoms with Crippen LogP contribution in [0.4, 0.5) is 0 Å². The van der Waals surface area contributed by atoms with Gasteiger partial charge in [-0.1, -0.05) is 25.2 Å². The van der Waals surface area contributed by atoms with Crippen molar-refractivity contribution in [2.24, 2.45) is 0 Å². The number of carbonyl (C=O) groups excluding carboxylic acids is 1. The largest absolute Gasteiger partial charge is 0.348 e. The minimum atomic E-state index is -0.0289. The number of aromatic nitrogens is 2.